The smallest absolute Gasteiger partial charge is 0.266 e. The Hall–Kier alpha value is -3.97. The number of H-pyrrole nitrogens is 1. The summed E-state index contributed by atoms with van der Waals surface area (Å²) in [4.78, 5) is 15.2. The van der Waals surface area contributed by atoms with Crippen LogP contribution in [0, 0.1) is 17.1 Å². The monoisotopic (exact) mass is 366 g/mol. The lowest BCUT2D eigenvalue weighted by molar-refractivity contribution is 0.628. The summed E-state index contributed by atoms with van der Waals surface area (Å²) in [5, 5.41) is 9.39. The third kappa shape index (κ3) is 3.34. The van der Waals surface area contributed by atoms with Gasteiger partial charge in [0.15, 0.2) is 0 Å². The summed E-state index contributed by atoms with van der Waals surface area (Å²) in [6.07, 6.45) is 0. The molecule has 0 aliphatic carbocycles. The molecule has 0 atom stereocenters. The first-order valence-corrected chi connectivity index (χ1v) is 8.75. The van der Waals surface area contributed by atoms with Crippen LogP contribution in [-0.4, -0.2) is 4.98 Å². The minimum absolute atomic E-state index is 0.0322. The van der Waals surface area contributed by atoms with E-state index in [2.05, 4.69) is 4.98 Å². The average molecular weight is 366 g/mol. The number of aromatic nitrogens is 1. The van der Waals surface area contributed by atoms with Crippen LogP contribution in [-0.2, 0) is 0 Å². The highest BCUT2D eigenvalue weighted by atomic mass is 19.1. The van der Waals surface area contributed by atoms with Gasteiger partial charge in [-0.2, -0.15) is 5.26 Å². The lowest BCUT2D eigenvalue weighted by Gasteiger charge is -2.09. The number of benzene rings is 3. The first-order valence-electron chi connectivity index (χ1n) is 8.75. The molecule has 0 fully saturated rings. The molecule has 3 nitrogen and oxygen atoms in total. The highest BCUT2D eigenvalue weighted by Crippen LogP contribution is 2.28. The Morgan fingerprint density at radius 3 is 2.07 bits per heavy atom. The van der Waals surface area contributed by atoms with Crippen molar-refractivity contribution < 1.29 is 4.39 Å². The first kappa shape index (κ1) is 17.4. The molecule has 1 heterocycles. The number of nitriles is 1. The Morgan fingerprint density at radius 2 is 1.39 bits per heavy atom. The fraction of sp³-hybridized carbons (Fsp3) is 0. The molecule has 4 aromatic rings. The van der Waals surface area contributed by atoms with E-state index in [1.54, 1.807) is 18.2 Å². The van der Waals surface area contributed by atoms with Crippen LogP contribution in [0.2, 0.25) is 0 Å². The van der Waals surface area contributed by atoms with Gasteiger partial charge in [0.25, 0.3) is 5.56 Å². The van der Waals surface area contributed by atoms with Crippen molar-refractivity contribution in [1.82, 2.24) is 4.98 Å². The fourth-order valence-electron chi connectivity index (χ4n) is 3.18. The van der Waals surface area contributed by atoms with Crippen LogP contribution in [0.15, 0.2) is 89.7 Å². The van der Waals surface area contributed by atoms with Gasteiger partial charge in [-0.25, -0.2) is 4.39 Å². The Balaban J connectivity index is 1.81. The maximum Gasteiger partial charge on any atom is 0.266 e. The van der Waals surface area contributed by atoms with E-state index in [9.17, 15) is 14.4 Å². The fourth-order valence-corrected chi connectivity index (χ4v) is 3.18. The van der Waals surface area contributed by atoms with Crippen LogP contribution in [0.4, 0.5) is 4.39 Å². The van der Waals surface area contributed by atoms with E-state index in [1.165, 1.54) is 12.1 Å². The molecule has 28 heavy (non-hydrogen) atoms. The number of nitrogens with zero attached hydrogens (tertiary/aromatic N) is 1. The van der Waals surface area contributed by atoms with Crippen molar-refractivity contribution in [2.45, 2.75) is 0 Å². The Bertz CT molecular complexity index is 1240. The van der Waals surface area contributed by atoms with Crippen molar-refractivity contribution in [3.05, 3.63) is 107 Å². The summed E-state index contributed by atoms with van der Waals surface area (Å²) in [6.45, 7) is 0. The van der Waals surface area contributed by atoms with Crippen LogP contribution in [0.5, 0.6) is 0 Å². The minimum Gasteiger partial charge on any atom is -0.321 e. The van der Waals surface area contributed by atoms with Crippen molar-refractivity contribution in [2.24, 2.45) is 0 Å². The summed E-state index contributed by atoms with van der Waals surface area (Å²) in [5.41, 5.74) is 3.91. The summed E-state index contributed by atoms with van der Waals surface area (Å²) < 4.78 is 13.6. The highest BCUT2D eigenvalue weighted by Gasteiger charge is 2.13. The number of rotatable bonds is 3. The molecule has 134 valence electrons. The molecule has 1 aromatic heterocycles. The SMILES string of the molecule is N#Cc1c(-c2cccc(F)c2)cc(-c2ccc(-c3ccccc3)cc2)[nH]c1=O. The summed E-state index contributed by atoms with van der Waals surface area (Å²) >= 11 is 0. The van der Waals surface area contributed by atoms with Crippen molar-refractivity contribution >= 4 is 0 Å². The molecule has 0 radical (unpaired) electrons. The molecule has 1 N–H and O–H groups in total. The van der Waals surface area contributed by atoms with Gasteiger partial charge in [0, 0.05) is 11.3 Å². The van der Waals surface area contributed by atoms with Crippen LogP contribution in [0.25, 0.3) is 33.5 Å². The highest BCUT2D eigenvalue weighted by molar-refractivity contribution is 5.76. The van der Waals surface area contributed by atoms with Gasteiger partial charge in [0.05, 0.1) is 0 Å². The van der Waals surface area contributed by atoms with Crippen molar-refractivity contribution in [2.75, 3.05) is 0 Å². The molecule has 0 unspecified atom stereocenters. The van der Waals surface area contributed by atoms with Gasteiger partial charge >= 0.3 is 0 Å². The van der Waals surface area contributed by atoms with Gasteiger partial charge in [-0.3, -0.25) is 4.79 Å². The normalized spacial score (nSPS) is 10.4. The molecular weight excluding hydrogens is 351 g/mol. The van der Waals surface area contributed by atoms with E-state index in [0.29, 0.717) is 16.8 Å². The number of aromatic amines is 1. The zero-order valence-corrected chi connectivity index (χ0v) is 14.8. The molecule has 0 saturated heterocycles. The first-order chi connectivity index (χ1) is 13.7. The zero-order chi connectivity index (χ0) is 19.5. The molecule has 0 saturated carbocycles. The lowest BCUT2D eigenvalue weighted by Crippen LogP contribution is -2.12. The summed E-state index contributed by atoms with van der Waals surface area (Å²) in [7, 11) is 0. The molecule has 3 aromatic carbocycles. The number of hydrogen-bond donors (Lipinski definition) is 1. The third-order valence-corrected chi connectivity index (χ3v) is 4.58. The molecule has 0 spiro atoms. The maximum absolute atomic E-state index is 13.6. The van der Waals surface area contributed by atoms with Crippen molar-refractivity contribution in [3.63, 3.8) is 0 Å². The molecule has 0 amide bonds. The summed E-state index contributed by atoms with van der Waals surface area (Å²) in [5.74, 6) is -0.421. The Kier molecular flexibility index (Phi) is 4.57. The molecular formula is C24H15FN2O. The number of pyridine rings is 1. The Labute approximate surface area is 161 Å². The number of halogens is 1. The standard InChI is InChI=1S/C24H15FN2O/c25-20-8-4-7-19(13-20)21-14-23(27-24(28)22(21)15-26)18-11-9-17(10-12-18)16-5-2-1-3-6-16/h1-14H,(H,27,28). The van der Waals surface area contributed by atoms with E-state index < -0.39 is 11.4 Å². The molecule has 0 aliphatic rings. The van der Waals surface area contributed by atoms with E-state index in [1.807, 2.05) is 60.7 Å². The molecule has 0 bridgehead atoms. The largest absolute Gasteiger partial charge is 0.321 e. The van der Waals surface area contributed by atoms with E-state index >= 15 is 0 Å². The number of nitrogens with one attached hydrogen (secondary N) is 1. The van der Waals surface area contributed by atoms with Crippen LogP contribution in [0.1, 0.15) is 5.56 Å². The van der Waals surface area contributed by atoms with Crippen LogP contribution < -0.4 is 5.56 Å². The second kappa shape index (κ2) is 7.34. The predicted octanol–water partition coefficient (Wildman–Crippen LogP) is 5.39. The molecule has 4 rings (SSSR count). The van der Waals surface area contributed by atoms with Crippen molar-refractivity contribution in [1.29, 1.82) is 5.26 Å². The van der Waals surface area contributed by atoms with Gasteiger partial charge in [-0.05, 0) is 40.5 Å². The van der Waals surface area contributed by atoms with Gasteiger partial charge in [-0.1, -0.05) is 66.7 Å². The topological polar surface area (TPSA) is 56.6 Å². The van der Waals surface area contributed by atoms with Crippen LogP contribution in [0.3, 0.4) is 0 Å². The van der Waals surface area contributed by atoms with E-state index in [4.69, 9.17) is 0 Å². The van der Waals surface area contributed by atoms with Gasteiger partial charge < -0.3 is 4.98 Å². The van der Waals surface area contributed by atoms with E-state index in [-0.39, 0.29) is 5.56 Å². The predicted molar refractivity (Wildman–Crippen MR) is 108 cm³/mol. The number of hydrogen-bond acceptors (Lipinski definition) is 2. The van der Waals surface area contributed by atoms with Gasteiger partial charge in [0.1, 0.15) is 17.4 Å². The second-order valence-electron chi connectivity index (χ2n) is 6.37. The zero-order valence-electron chi connectivity index (χ0n) is 14.8. The molecule has 0 aliphatic heterocycles. The van der Waals surface area contributed by atoms with Crippen LogP contribution >= 0.6 is 0 Å². The molecule has 4 heteroatoms. The Morgan fingerprint density at radius 1 is 0.750 bits per heavy atom. The lowest BCUT2D eigenvalue weighted by atomic mass is 9.98. The third-order valence-electron chi connectivity index (χ3n) is 4.58. The quantitative estimate of drug-likeness (QED) is 0.529. The maximum atomic E-state index is 13.6. The van der Waals surface area contributed by atoms with Crippen molar-refractivity contribution in [3.8, 4) is 39.6 Å². The van der Waals surface area contributed by atoms with Gasteiger partial charge in [-0.15, -0.1) is 0 Å². The second-order valence-corrected chi connectivity index (χ2v) is 6.37. The van der Waals surface area contributed by atoms with E-state index in [0.717, 1.165) is 16.7 Å². The summed E-state index contributed by atoms with van der Waals surface area (Å²) in [6, 6.07) is 27.3. The average Bonchev–Trinajstić information content (AvgIpc) is 2.74. The van der Waals surface area contributed by atoms with Gasteiger partial charge in [0.2, 0.25) is 0 Å². The minimum atomic E-state index is -0.494.